The molecule has 0 radical (unpaired) electrons. The summed E-state index contributed by atoms with van der Waals surface area (Å²) in [6.45, 7) is 1.16. The molecule has 1 unspecified atom stereocenters. The van der Waals surface area contributed by atoms with Crippen LogP contribution in [0, 0.1) is 17.2 Å². The molecule has 62 valence electrons. The molecule has 1 aliphatic carbocycles. The lowest BCUT2D eigenvalue weighted by atomic mass is 10.2. The molecule has 0 aliphatic heterocycles. The molecular weight excluding hydrogens is 140 g/mol. The first-order valence-corrected chi connectivity index (χ1v) is 3.97. The minimum absolute atomic E-state index is 0.402. The van der Waals surface area contributed by atoms with Crippen LogP contribution in [0.15, 0.2) is 0 Å². The van der Waals surface area contributed by atoms with Gasteiger partial charge >= 0.3 is 0 Å². The molecular formula is C8H14N2O. The van der Waals surface area contributed by atoms with Crippen LogP contribution in [0.4, 0.5) is 0 Å². The van der Waals surface area contributed by atoms with Crippen molar-refractivity contribution < 1.29 is 4.74 Å². The van der Waals surface area contributed by atoms with E-state index < -0.39 is 0 Å². The quantitative estimate of drug-likeness (QED) is 0.587. The fourth-order valence-corrected chi connectivity index (χ4v) is 1.22. The Morgan fingerprint density at radius 1 is 1.73 bits per heavy atom. The number of nitriles is 1. The average molecular weight is 154 g/mol. The molecule has 3 heteroatoms. The molecule has 0 spiro atoms. The molecule has 0 aromatic rings. The first-order chi connectivity index (χ1) is 5.38. The lowest BCUT2D eigenvalue weighted by molar-refractivity contribution is 0.159. The van der Waals surface area contributed by atoms with Gasteiger partial charge in [0, 0.05) is 13.2 Å². The molecule has 0 heterocycles. The van der Waals surface area contributed by atoms with E-state index in [1.165, 1.54) is 12.8 Å². The van der Waals surface area contributed by atoms with Crippen molar-refractivity contribution in [2.75, 3.05) is 20.3 Å². The van der Waals surface area contributed by atoms with Gasteiger partial charge in [-0.3, -0.25) is 5.32 Å². The Morgan fingerprint density at radius 3 is 2.91 bits per heavy atom. The van der Waals surface area contributed by atoms with Crippen LogP contribution < -0.4 is 5.32 Å². The minimum Gasteiger partial charge on any atom is -0.383 e. The summed E-state index contributed by atoms with van der Waals surface area (Å²) in [5.74, 6) is 0.753. The van der Waals surface area contributed by atoms with Crippen LogP contribution in [-0.2, 0) is 4.74 Å². The van der Waals surface area contributed by atoms with Crippen LogP contribution in [0.1, 0.15) is 12.8 Å². The smallest absolute Gasteiger partial charge is 0.0843 e. The highest BCUT2D eigenvalue weighted by molar-refractivity contribution is 4.88. The Hall–Kier alpha value is -0.590. The predicted molar refractivity (Wildman–Crippen MR) is 42.0 cm³/mol. The van der Waals surface area contributed by atoms with Gasteiger partial charge in [0.05, 0.1) is 19.2 Å². The molecule has 11 heavy (non-hydrogen) atoms. The summed E-state index contributed by atoms with van der Waals surface area (Å²) >= 11 is 0. The van der Waals surface area contributed by atoms with E-state index in [-0.39, 0.29) is 0 Å². The summed E-state index contributed by atoms with van der Waals surface area (Å²) in [5, 5.41) is 11.5. The van der Waals surface area contributed by atoms with Gasteiger partial charge in [-0.1, -0.05) is 0 Å². The van der Waals surface area contributed by atoms with Gasteiger partial charge in [0.25, 0.3) is 0 Å². The number of ether oxygens (including phenoxy) is 1. The van der Waals surface area contributed by atoms with Crippen LogP contribution in [-0.4, -0.2) is 26.3 Å². The van der Waals surface area contributed by atoms with Gasteiger partial charge in [0.15, 0.2) is 0 Å². The second-order valence-electron chi connectivity index (χ2n) is 2.94. The van der Waals surface area contributed by atoms with Gasteiger partial charge < -0.3 is 4.74 Å². The molecule has 3 nitrogen and oxygen atoms in total. The van der Waals surface area contributed by atoms with Gasteiger partial charge in [-0.25, -0.2) is 0 Å². The van der Waals surface area contributed by atoms with E-state index in [4.69, 9.17) is 10.00 Å². The minimum atomic E-state index is 0.402. The zero-order valence-corrected chi connectivity index (χ0v) is 6.84. The second-order valence-corrected chi connectivity index (χ2v) is 2.94. The van der Waals surface area contributed by atoms with E-state index >= 15 is 0 Å². The van der Waals surface area contributed by atoms with Crippen LogP contribution in [0.5, 0.6) is 0 Å². The average Bonchev–Trinajstić information content (AvgIpc) is 2.80. The van der Waals surface area contributed by atoms with E-state index in [2.05, 4.69) is 11.4 Å². The monoisotopic (exact) mass is 154 g/mol. The Kier molecular flexibility index (Phi) is 3.34. The van der Waals surface area contributed by atoms with Gasteiger partial charge in [-0.15, -0.1) is 0 Å². The normalized spacial score (nSPS) is 19.3. The maximum atomic E-state index is 8.33. The van der Waals surface area contributed by atoms with Crippen molar-refractivity contribution >= 4 is 0 Å². The Morgan fingerprint density at radius 2 is 2.45 bits per heavy atom. The van der Waals surface area contributed by atoms with Crippen molar-refractivity contribution in [2.45, 2.75) is 18.9 Å². The number of nitrogens with zero attached hydrogens (tertiary/aromatic N) is 1. The van der Waals surface area contributed by atoms with Crippen LogP contribution in [0.25, 0.3) is 0 Å². The van der Waals surface area contributed by atoms with Crippen molar-refractivity contribution in [1.82, 2.24) is 5.32 Å². The molecule has 0 aromatic heterocycles. The van der Waals surface area contributed by atoms with E-state index in [9.17, 15) is 0 Å². The molecule has 0 saturated heterocycles. The molecule has 1 fully saturated rings. The van der Waals surface area contributed by atoms with E-state index in [1.807, 2.05) is 0 Å². The fraction of sp³-hybridized carbons (Fsp3) is 0.875. The van der Waals surface area contributed by atoms with Crippen LogP contribution in [0.3, 0.4) is 0 Å². The van der Waals surface area contributed by atoms with E-state index in [0.29, 0.717) is 12.6 Å². The van der Waals surface area contributed by atoms with Crippen molar-refractivity contribution in [3.8, 4) is 6.07 Å². The van der Waals surface area contributed by atoms with Gasteiger partial charge in [-0.2, -0.15) is 5.26 Å². The third-order valence-corrected chi connectivity index (χ3v) is 1.98. The molecule has 1 aliphatic rings. The molecule has 1 N–H and O–H groups in total. The van der Waals surface area contributed by atoms with Crippen molar-refractivity contribution in [2.24, 2.45) is 5.92 Å². The molecule has 0 bridgehead atoms. The van der Waals surface area contributed by atoms with E-state index in [1.54, 1.807) is 7.11 Å². The lowest BCUT2D eigenvalue weighted by Gasteiger charge is -2.14. The summed E-state index contributed by atoms with van der Waals surface area (Å²) in [6.07, 6.45) is 2.57. The summed E-state index contributed by atoms with van der Waals surface area (Å²) in [4.78, 5) is 0. The Bertz CT molecular complexity index is 149. The topological polar surface area (TPSA) is 45.0 Å². The number of methoxy groups -OCH3 is 1. The zero-order chi connectivity index (χ0) is 8.10. The highest BCUT2D eigenvalue weighted by Crippen LogP contribution is 2.32. The number of hydrogen-bond donors (Lipinski definition) is 1. The van der Waals surface area contributed by atoms with Crippen LogP contribution in [0.2, 0.25) is 0 Å². The van der Waals surface area contributed by atoms with Crippen molar-refractivity contribution in [3.05, 3.63) is 0 Å². The third-order valence-electron chi connectivity index (χ3n) is 1.98. The number of nitrogens with one attached hydrogen (secondary N) is 1. The van der Waals surface area contributed by atoms with Crippen molar-refractivity contribution in [1.29, 1.82) is 5.26 Å². The second kappa shape index (κ2) is 4.32. The standard InChI is InChI=1S/C8H14N2O/c1-11-6-8(7-2-3-7)10-5-4-9/h7-8,10H,2-3,5-6H2,1H3. The fourth-order valence-electron chi connectivity index (χ4n) is 1.22. The van der Waals surface area contributed by atoms with Crippen molar-refractivity contribution in [3.63, 3.8) is 0 Å². The molecule has 1 rings (SSSR count). The van der Waals surface area contributed by atoms with Gasteiger partial charge in [-0.05, 0) is 18.8 Å². The predicted octanol–water partition coefficient (Wildman–Crippen LogP) is 0.525. The molecule has 1 saturated carbocycles. The van der Waals surface area contributed by atoms with Crippen LogP contribution >= 0.6 is 0 Å². The molecule has 0 amide bonds. The van der Waals surface area contributed by atoms with Gasteiger partial charge in [0.2, 0.25) is 0 Å². The maximum Gasteiger partial charge on any atom is 0.0843 e. The SMILES string of the molecule is COCC(NCC#N)C1CC1. The summed E-state index contributed by atoms with van der Waals surface area (Å²) in [7, 11) is 1.70. The highest BCUT2D eigenvalue weighted by Gasteiger charge is 2.30. The number of rotatable bonds is 5. The summed E-state index contributed by atoms with van der Waals surface area (Å²) in [5.41, 5.74) is 0. The summed E-state index contributed by atoms with van der Waals surface area (Å²) < 4.78 is 5.03. The Labute approximate surface area is 67.3 Å². The van der Waals surface area contributed by atoms with E-state index in [0.717, 1.165) is 12.5 Å². The maximum absolute atomic E-state index is 8.33. The van der Waals surface area contributed by atoms with Gasteiger partial charge in [0.1, 0.15) is 0 Å². The number of hydrogen-bond acceptors (Lipinski definition) is 3. The zero-order valence-electron chi connectivity index (χ0n) is 6.84. The molecule has 0 aromatic carbocycles. The first kappa shape index (κ1) is 8.51. The largest absolute Gasteiger partial charge is 0.383 e. The lowest BCUT2D eigenvalue weighted by Crippen LogP contribution is -2.35. The third kappa shape index (κ3) is 2.87. The summed E-state index contributed by atoms with van der Waals surface area (Å²) in [6, 6.07) is 2.48. The molecule has 1 atom stereocenters. The Balaban J connectivity index is 2.16. The first-order valence-electron chi connectivity index (χ1n) is 3.97. The highest BCUT2D eigenvalue weighted by atomic mass is 16.5.